The number of Topliss-reactive ketones (excluding diaryl/α,β-unsaturated/α-hetero) is 1. The van der Waals surface area contributed by atoms with Crippen LogP contribution in [-0.4, -0.2) is 51.6 Å². The lowest BCUT2D eigenvalue weighted by molar-refractivity contribution is -0.116. The van der Waals surface area contributed by atoms with Crippen LogP contribution in [-0.2, 0) is 15.0 Å². The fourth-order valence-electron chi connectivity index (χ4n) is 1.76. The van der Waals surface area contributed by atoms with Crippen LogP contribution in [0.15, 0.2) is 24.3 Å². The molecule has 0 radical (unpaired) electrons. The molecule has 22 heavy (non-hydrogen) atoms. The number of benzene rings is 1. The Morgan fingerprint density at radius 3 is 2.05 bits per heavy atom. The van der Waals surface area contributed by atoms with Crippen molar-refractivity contribution in [1.29, 1.82) is 0 Å². The summed E-state index contributed by atoms with van der Waals surface area (Å²) >= 11 is 0. The Balaban J connectivity index is 2.78. The molecule has 0 fully saturated rings. The first-order valence-corrected chi connectivity index (χ1v) is 8.15. The first-order valence-electron chi connectivity index (χ1n) is 6.71. The molecule has 7 nitrogen and oxygen atoms in total. The highest BCUT2D eigenvalue weighted by molar-refractivity contribution is 7.87. The summed E-state index contributed by atoms with van der Waals surface area (Å²) in [6.45, 7) is 3.16. The van der Waals surface area contributed by atoms with E-state index in [1.165, 1.54) is 32.8 Å². The number of nitrogens with zero attached hydrogens (tertiary/aromatic N) is 2. The third kappa shape index (κ3) is 4.90. The second-order valence-electron chi connectivity index (χ2n) is 4.96. The molecule has 0 aliphatic heterocycles. The molecule has 1 N–H and O–H groups in total. The fraction of sp³-hybridized carbons (Fsp3) is 0.429. The summed E-state index contributed by atoms with van der Waals surface area (Å²) in [7, 11) is -0.675. The molecule has 0 atom stereocenters. The van der Waals surface area contributed by atoms with Gasteiger partial charge in [0.2, 0.25) is 5.91 Å². The number of nitrogens with one attached hydrogen (secondary N) is 1. The van der Waals surface area contributed by atoms with Gasteiger partial charge in [0.15, 0.2) is 5.78 Å². The number of hydrogen-bond donors (Lipinski definition) is 1. The number of ketones is 1. The molecule has 0 unspecified atom stereocenters. The van der Waals surface area contributed by atoms with Crippen molar-refractivity contribution in [3.05, 3.63) is 29.8 Å². The molecule has 0 saturated heterocycles. The second kappa shape index (κ2) is 7.48. The molecule has 1 aromatic rings. The molecule has 122 valence electrons. The van der Waals surface area contributed by atoms with E-state index in [9.17, 15) is 18.0 Å². The van der Waals surface area contributed by atoms with Crippen LogP contribution in [0.4, 0.5) is 5.69 Å². The number of anilines is 1. The van der Waals surface area contributed by atoms with E-state index in [2.05, 4.69) is 4.72 Å². The van der Waals surface area contributed by atoms with E-state index in [0.29, 0.717) is 11.3 Å². The molecule has 0 bridgehead atoms. The zero-order valence-corrected chi connectivity index (χ0v) is 14.0. The third-order valence-corrected chi connectivity index (χ3v) is 4.60. The van der Waals surface area contributed by atoms with Crippen molar-refractivity contribution in [1.82, 2.24) is 9.03 Å². The van der Waals surface area contributed by atoms with E-state index in [4.69, 9.17) is 0 Å². The molecule has 0 aromatic heterocycles. The van der Waals surface area contributed by atoms with Crippen LogP contribution in [0.3, 0.4) is 0 Å². The maximum Gasteiger partial charge on any atom is 0.278 e. The first-order chi connectivity index (χ1) is 10.1. The molecule has 0 aliphatic carbocycles. The zero-order chi connectivity index (χ0) is 16.9. The molecule has 0 heterocycles. The Hall–Kier alpha value is -1.77. The van der Waals surface area contributed by atoms with Crippen LogP contribution >= 0.6 is 0 Å². The zero-order valence-electron chi connectivity index (χ0n) is 13.2. The largest absolute Gasteiger partial charge is 0.311 e. The molecule has 0 aliphatic rings. The minimum Gasteiger partial charge on any atom is -0.311 e. The molecule has 1 rings (SSSR count). The number of carbonyl (C=O) groups is 2. The minimum atomic E-state index is -3.52. The standard InChI is InChI=1S/C14H21N3O4S/c1-11(18)13-5-7-14(8-6-13)17(12(2)19)10-9-15-22(20,21)16(3)4/h5-8,15H,9-10H2,1-4H3. The number of amides is 1. The lowest BCUT2D eigenvalue weighted by Crippen LogP contribution is -2.41. The molecular weight excluding hydrogens is 306 g/mol. The summed E-state index contributed by atoms with van der Waals surface area (Å²) in [6, 6.07) is 6.60. The fourth-order valence-corrected chi connectivity index (χ4v) is 2.37. The third-order valence-electron chi connectivity index (χ3n) is 3.07. The lowest BCUT2D eigenvalue weighted by atomic mass is 10.1. The van der Waals surface area contributed by atoms with E-state index in [0.717, 1.165) is 4.31 Å². The van der Waals surface area contributed by atoms with Gasteiger partial charge in [-0.05, 0) is 31.2 Å². The van der Waals surface area contributed by atoms with Gasteiger partial charge in [-0.1, -0.05) is 0 Å². The van der Waals surface area contributed by atoms with Crippen LogP contribution in [0.2, 0.25) is 0 Å². The van der Waals surface area contributed by atoms with Crippen molar-refractivity contribution in [2.75, 3.05) is 32.1 Å². The van der Waals surface area contributed by atoms with Gasteiger partial charge in [0.05, 0.1) is 0 Å². The Morgan fingerprint density at radius 2 is 1.64 bits per heavy atom. The van der Waals surface area contributed by atoms with Gasteiger partial charge >= 0.3 is 0 Å². The average Bonchev–Trinajstić information content (AvgIpc) is 2.43. The lowest BCUT2D eigenvalue weighted by Gasteiger charge is -2.22. The van der Waals surface area contributed by atoms with E-state index >= 15 is 0 Å². The Labute approximate surface area is 131 Å². The molecule has 0 saturated carbocycles. The predicted molar refractivity (Wildman–Crippen MR) is 85.1 cm³/mol. The highest BCUT2D eigenvalue weighted by atomic mass is 32.2. The molecule has 0 spiro atoms. The number of hydrogen-bond acceptors (Lipinski definition) is 4. The summed E-state index contributed by atoms with van der Waals surface area (Å²) in [5, 5.41) is 0. The summed E-state index contributed by atoms with van der Waals surface area (Å²) in [5.41, 5.74) is 1.17. The van der Waals surface area contributed by atoms with Crippen molar-refractivity contribution in [2.24, 2.45) is 0 Å². The van der Waals surface area contributed by atoms with Crippen LogP contribution < -0.4 is 9.62 Å². The van der Waals surface area contributed by atoms with Crippen LogP contribution in [0.25, 0.3) is 0 Å². The van der Waals surface area contributed by atoms with Crippen LogP contribution in [0.5, 0.6) is 0 Å². The maximum atomic E-state index is 11.7. The van der Waals surface area contributed by atoms with Gasteiger partial charge < -0.3 is 4.90 Å². The molecule has 1 aromatic carbocycles. The summed E-state index contributed by atoms with van der Waals surface area (Å²) < 4.78 is 26.7. The van der Waals surface area contributed by atoms with Gasteiger partial charge in [-0.15, -0.1) is 0 Å². The number of rotatable bonds is 7. The van der Waals surface area contributed by atoms with E-state index in [-0.39, 0.29) is 24.8 Å². The van der Waals surface area contributed by atoms with Crippen molar-refractivity contribution >= 4 is 27.6 Å². The van der Waals surface area contributed by atoms with Gasteiger partial charge in [0, 0.05) is 45.4 Å². The highest BCUT2D eigenvalue weighted by Crippen LogP contribution is 2.15. The van der Waals surface area contributed by atoms with Gasteiger partial charge in [-0.2, -0.15) is 12.7 Å². The molecule has 1 amide bonds. The van der Waals surface area contributed by atoms with Gasteiger partial charge in [-0.3, -0.25) is 9.59 Å². The molecular formula is C14H21N3O4S. The van der Waals surface area contributed by atoms with Crippen LogP contribution in [0.1, 0.15) is 24.2 Å². The average molecular weight is 327 g/mol. The summed E-state index contributed by atoms with van der Waals surface area (Å²) in [5.74, 6) is -0.265. The summed E-state index contributed by atoms with van der Waals surface area (Å²) in [4.78, 5) is 24.4. The quantitative estimate of drug-likeness (QED) is 0.745. The van der Waals surface area contributed by atoms with Crippen molar-refractivity contribution in [2.45, 2.75) is 13.8 Å². The Kier molecular flexibility index (Phi) is 6.21. The van der Waals surface area contributed by atoms with E-state index < -0.39 is 10.2 Å². The highest BCUT2D eigenvalue weighted by Gasteiger charge is 2.15. The topological polar surface area (TPSA) is 86.8 Å². The Bertz CT molecular complexity index is 639. The second-order valence-corrected chi connectivity index (χ2v) is 6.92. The summed E-state index contributed by atoms with van der Waals surface area (Å²) in [6.07, 6.45) is 0. The predicted octanol–water partition coefficient (Wildman–Crippen LogP) is 0.638. The maximum absolute atomic E-state index is 11.7. The molecule has 8 heteroatoms. The van der Waals surface area contributed by atoms with Gasteiger partial charge in [-0.25, -0.2) is 4.72 Å². The van der Waals surface area contributed by atoms with Crippen molar-refractivity contribution < 1.29 is 18.0 Å². The van der Waals surface area contributed by atoms with E-state index in [1.54, 1.807) is 24.3 Å². The van der Waals surface area contributed by atoms with E-state index in [1.807, 2.05) is 0 Å². The van der Waals surface area contributed by atoms with Crippen LogP contribution in [0, 0.1) is 0 Å². The monoisotopic (exact) mass is 327 g/mol. The minimum absolute atomic E-state index is 0.0559. The number of carbonyl (C=O) groups excluding carboxylic acids is 2. The first kappa shape index (κ1) is 18.3. The normalized spacial score (nSPS) is 11.5. The van der Waals surface area contributed by atoms with Gasteiger partial charge in [0.25, 0.3) is 10.2 Å². The smallest absolute Gasteiger partial charge is 0.278 e. The SMILES string of the molecule is CC(=O)c1ccc(N(CCNS(=O)(=O)N(C)C)C(C)=O)cc1. The van der Waals surface area contributed by atoms with Crippen molar-refractivity contribution in [3.63, 3.8) is 0 Å². The van der Waals surface area contributed by atoms with Gasteiger partial charge in [0.1, 0.15) is 0 Å². The Morgan fingerprint density at radius 1 is 1.09 bits per heavy atom. The van der Waals surface area contributed by atoms with Crippen molar-refractivity contribution in [3.8, 4) is 0 Å².